The molecule has 1 fully saturated rings. The Labute approximate surface area is 216 Å². The van der Waals surface area contributed by atoms with Gasteiger partial charge in [-0.05, 0) is 54.5 Å². The van der Waals surface area contributed by atoms with Gasteiger partial charge < -0.3 is 10.1 Å². The predicted molar refractivity (Wildman–Crippen MR) is 128 cm³/mol. The molecule has 38 heavy (non-hydrogen) atoms. The number of amides is 1. The van der Waals surface area contributed by atoms with Crippen LogP contribution >= 0.6 is 0 Å². The van der Waals surface area contributed by atoms with Gasteiger partial charge in [0.1, 0.15) is 6.04 Å². The highest BCUT2D eigenvalue weighted by atomic mass is 19.4. The molecule has 0 aliphatic heterocycles. The molecule has 11 heteroatoms. The Morgan fingerprint density at radius 3 is 2.08 bits per heavy atom. The van der Waals surface area contributed by atoms with Crippen molar-refractivity contribution in [1.29, 1.82) is 0 Å². The van der Waals surface area contributed by atoms with E-state index in [1.54, 1.807) is 24.3 Å². The molecule has 5 nitrogen and oxygen atoms in total. The van der Waals surface area contributed by atoms with E-state index in [2.05, 4.69) is 10.6 Å². The van der Waals surface area contributed by atoms with Gasteiger partial charge in [0.2, 0.25) is 5.91 Å². The van der Waals surface area contributed by atoms with E-state index >= 15 is 0 Å². The molecule has 0 saturated heterocycles. The second-order valence-electron chi connectivity index (χ2n) is 9.88. The molecule has 0 spiro atoms. The van der Waals surface area contributed by atoms with Crippen LogP contribution in [0.5, 0.6) is 0 Å². The minimum absolute atomic E-state index is 0.0542. The first-order valence-corrected chi connectivity index (χ1v) is 12.1. The quantitative estimate of drug-likeness (QED) is 0.314. The standard InChI is InChI=1S/C27H30F6N2O3/c1-16(2)25(10-9-21(14-25)35-22(23(36)38-3)18-7-5-4-6-8-18)24(37)34-15-17-11-19(26(28,29)30)13-20(12-17)27(31,32)33/h4-8,11-13,16,21-22,35H,9-10,14-15H2,1-3H3,(H,34,37)/t21-,22?,25+/m1/s1. The monoisotopic (exact) mass is 544 g/mol. The van der Waals surface area contributed by atoms with Crippen LogP contribution < -0.4 is 10.6 Å². The molecular formula is C27H30F6N2O3. The lowest BCUT2D eigenvalue weighted by atomic mass is 9.74. The zero-order valence-corrected chi connectivity index (χ0v) is 21.2. The van der Waals surface area contributed by atoms with Crippen LogP contribution in [0.3, 0.4) is 0 Å². The molecule has 2 N–H and O–H groups in total. The van der Waals surface area contributed by atoms with Crippen LogP contribution in [-0.2, 0) is 33.2 Å². The van der Waals surface area contributed by atoms with Crippen molar-refractivity contribution in [3.63, 3.8) is 0 Å². The summed E-state index contributed by atoms with van der Waals surface area (Å²) in [6.07, 6.45) is -8.66. The summed E-state index contributed by atoms with van der Waals surface area (Å²) in [7, 11) is 1.28. The number of esters is 1. The van der Waals surface area contributed by atoms with Crippen LogP contribution in [0.4, 0.5) is 26.3 Å². The lowest BCUT2D eigenvalue weighted by Gasteiger charge is -2.33. The van der Waals surface area contributed by atoms with Gasteiger partial charge in [0.15, 0.2) is 0 Å². The molecule has 2 aromatic rings. The normalized spacial score (nSPS) is 20.8. The van der Waals surface area contributed by atoms with E-state index < -0.39 is 53.4 Å². The van der Waals surface area contributed by atoms with Gasteiger partial charge in [0.25, 0.3) is 0 Å². The highest BCUT2D eigenvalue weighted by Gasteiger charge is 2.48. The van der Waals surface area contributed by atoms with Crippen molar-refractivity contribution in [2.45, 2.75) is 64.1 Å². The molecule has 208 valence electrons. The Morgan fingerprint density at radius 1 is 1.00 bits per heavy atom. The third kappa shape index (κ3) is 6.67. The lowest BCUT2D eigenvalue weighted by molar-refractivity contribution is -0.144. The molecule has 2 aromatic carbocycles. The number of halogens is 6. The van der Waals surface area contributed by atoms with Crippen molar-refractivity contribution in [2.24, 2.45) is 11.3 Å². The van der Waals surface area contributed by atoms with Gasteiger partial charge in [-0.25, -0.2) is 4.79 Å². The number of rotatable bonds is 8. The van der Waals surface area contributed by atoms with Gasteiger partial charge >= 0.3 is 18.3 Å². The van der Waals surface area contributed by atoms with E-state index in [1.165, 1.54) is 7.11 Å². The molecule has 1 amide bonds. The predicted octanol–water partition coefficient (Wildman–Crippen LogP) is 6.04. The number of ether oxygens (including phenoxy) is 1. The Morgan fingerprint density at radius 2 is 1.58 bits per heavy atom. The molecule has 1 saturated carbocycles. The van der Waals surface area contributed by atoms with Crippen LogP contribution in [0.2, 0.25) is 0 Å². The zero-order chi connectivity index (χ0) is 28.3. The van der Waals surface area contributed by atoms with E-state index in [-0.39, 0.29) is 23.6 Å². The van der Waals surface area contributed by atoms with Crippen molar-refractivity contribution in [3.05, 3.63) is 70.8 Å². The number of benzene rings is 2. The van der Waals surface area contributed by atoms with E-state index in [0.717, 1.165) is 0 Å². The number of carbonyl (C=O) groups excluding carboxylic acids is 2. The molecular weight excluding hydrogens is 514 g/mol. The highest BCUT2D eigenvalue weighted by Crippen LogP contribution is 2.45. The number of alkyl halides is 6. The summed E-state index contributed by atoms with van der Waals surface area (Å²) in [5.74, 6) is -1.14. The Kier molecular flexibility index (Phi) is 8.80. The minimum Gasteiger partial charge on any atom is -0.468 e. The zero-order valence-electron chi connectivity index (χ0n) is 21.2. The van der Waals surface area contributed by atoms with Gasteiger partial charge in [0.05, 0.1) is 23.7 Å². The molecule has 0 bridgehead atoms. The van der Waals surface area contributed by atoms with Crippen LogP contribution in [0.25, 0.3) is 0 Å². The van der Waals surface area contributed by atoms with Gasteiger partial charge in [-0.15, -0.1) is 0 Å². The SMILES string of the molecule is COC(=O)C(N[C@@H]1CC[C@@](C(=O)NCc2cc(C(F)(F)F)cc(C(F)(F)F)c2)(C(C)C)C1)c1ccccc1. The van der Waals surface area contributed by atoms with E-state index in [0.29, 0.717) is 37.0 Å². The van der Waals surface area contributed by atoms with Gasteiger partial charge in [0, 0.05) is 12.6 Å². The van der Waals surface area contributed by atoms with Crippen molar-refractivity contribution in [2.75, 3.05) is 7.11 Å². The molecule has 0 heterocycles. The fraction of sp³-hybridized carbons (Fsp3) is 0.481. The summed E-state index contributed by atoms with van der Waals surface area (Å²) in [5.41, 5.74) is -3.41. The molecule has 1 unspecified atom stereocenters. The van der Waals surface area contributed by atoms with Crippen LogP contribution in [0, 0.1) is 11.3 Å². The third-order valence-electron chi connectivity index (χ3n) is 7.18. The summed E-state index contributed by atoms with van der Waals surface area (Å²) in [6.45, 7) is 3.18. The highest BCUT2D eigenvalue weighted by molar-refractivity contribution is 5.83. The van der Waals surface area contributed by atoms with Crippen molar-refractivity contribution in [3.8, 4) is 0 Å². The van der Waals surface area contributed by atoms with Crippen molar-refractivity contribution >= 4 is 11.9 Å². The first-order valence-electron chi connectivity index (χ1n) is 12.1. The number of methoxy groups -OCH3 is 1. The molecule has 1 aliphatic carbocycles. The fourth-order valence-electron chi connectivity index (χ4n) is 4.99. The van der Waals surface area contributed by atoms with Gasteiger partial charge in [-0.1, -0.05) is 44.2 Å². The summed E-state index contributed by atoms with van der Waals surface area (Å²) in [4.78, 5) is 25.8. The number of hydrogen-bond acceptors (Lipinski definition) is 4. The number of hydrogen-bond donors (Lipinski definition) is 2. The van der Waals surface area contributed by atoms with Crippen molar-refractivity contribution in [1.82, 2.24) is 10.6 Å². The van der Waals surface area contributed by atoms with Crippen LogP contribution in [0.15, 0.2) is 48.5 Å². The number of carbonyl (C=O) groups is 2. The van der Waals surface area contributed by atoms with Crippen LogP contribution in [-0.4, -0.2) is 25.0 Å². The van der Waals surface area contributed by atoms with Crippen molar-refractivity contribution < 1.29 is 40.7 Å². The summed E-state index contributed by atoms with van der Waals surface area (Å²) in [6, 6.07) is 9.18. The second-order valence-corrected chi connectivity index (χ2v) is 9.88. The van der Waals surface area contributed by atoms with Crippen LogP contribution in [0.1, 0.15) is 61.4 Å². The maximum atomic E-state index is 13.4. The third-order valence-corrected chi connectivity index (χ3v) is 7.18. The number of nitrogens with one attached hydrogen (secondary N) is 2. The maximum absolute atomic E-state index is 13.4. The average molecular weight is 545 g/mol. The molecule has 3 atom stereocenters. The first-order chi connectivity index (χ1) is 17.7. The summed E-state index contributed by atoms with van der Waals surface area (Å²) < 4.78 is 84.2. The maximum Gasteiger partial charge on any atom is 0.416 e. The first kappa shape index (κ1) is 29.5. The summed E-state index contributed by atoms with van der Waals surface area (Å²) >= 11 is 0. The van der Waals surface area contributed by atoms with Gasteiger partial charge in [-0.2, -0.15) is 26.3 Å². The molecule has 1 aliphatic rings. The lowest BCUT2D eigenvalue weighted by Crippen LogP contribution is -2.44. The molecule has 0 aromatic heterocycles. The van der Waals surface area contributed by atoms with Gasteiger partial charge in [-0.3, -0.25) is 10.1 Å². The molecule has 3 rings (SSSR count). The minimum atomic E-state index is -4.97. The Bertz CT molecular complexity index is 1100. The van der Waals surface area contributed by atoms with E-state index in [4.69, 9.17) is 4.74 Å². The summed E-state index contributed by atoms with van der Waals surface area (Å²) in [5, 5.41) is 5.83. The molecule has 0 radical (unpaired) electrons. The largest absolute Gasteiger partial charge is 0.468 e. The van der Waals surface area contributed by atoms with E-state index in [1.807, 2.05) is 19.9 Å². The Hall–Kier alpha value is -3.08. The fourth-order valence-corrected chi connectivity index (χ4v) is 4.99. The van der Waals surface area contributed by atoms with E-state index in [9.17, 15) is 35.9 Å². The topological polar surface area (TPSA) is 67.4 Å². The smallest absolute Gasteiger partial charge is 0.416 e. The second kappa shape index (κ2) is 11.3. The Balaban J connectivity index is 1.78. The average Bonchev–Trinajstić information content (AvgIpc) is 3.30.